The molecule has 0 fully saturated rings. The molecule has 0 atom stereocenters. The molecule has 0 bridgehead atoms. The van der Waals surface area contributed by atoms with Gasteiger partial charge in [-0.1, -0.05) is 40.2 Å². The van der Waals surface area contributed by atoms with Gasteiger partial charge in [0.25, 0.3) is 0 Å². The summed E-state index contributed by atoms with van der Waals surface area (Å²) >= 11 is 3.22. The Bertz CT molecular complexity index is 593. The Kier molecular flexibility index (Phi) is 4.32. The van der Waals surface area contributed by atoms with Crippen molar-refractivity contribution in [1.82, 2.24) is 0 Å². The minimum atomic E-state index is -4.73. The SMILES string of the molecule is Fc1cc(CBr)ccc1-c1ccc(OC(F)(F)F)cc1. The third-order valence-corrected chi connectivity index (χ3v) is 3.23. The van der Waals surface area contributed by atoms with Crippen LogP contribution < -0.4 is 4.74 Å². The van der Waals surface area contributed by atoms with Crippen molar-refractivity contribution in [2.75, 3.05) is 0 Å². The molecule has 0 aliphatic rings. The van der Waals surface area contributed by atoms with Crippen LogP contribution in [0.2, 0.25) is 0 Å². The molecule has 0 aliphatic heterocycles. The summed E-state index contributed by atoms with van der Waals surface area (Å²) in [6.45, 7) is 0. The third-order valence-electron chi connectivity index (χ3n) is 2.59. The van der Waals surface area contributed by atoms with E-state index in [-0.39, 0.29) is 5.75 Å². The number of halogens is 5. The van der Waals surface area contributed by atoms with E-state index in [0.717, 1.165) is 17.7 Å². The highest BCUT2D eigenvalue weighted by molar-refractivity contribution is 9.08. The van der Waals surface area contributed by atoms with Gasteiger partial charge in [-0.15, -0.1) is 13.2 Å². The van der Waals surface area contributed by atoms with Crippen LogP contribution in [-0.2, 0) is 5.33 Å². The van der Waals surface area contributed by atoms with E-state index in [1.54, 1.807) is 12.1 Å². The zero-order chi connectivity index (χ0) is 14.8. The summed E-state index contributed by atoms with van der Waals surface area (Å²) in [6, 6.07) is 9.78. The summed E-state index contributed by atoms with van der Waals surface area (Å²) in [6.07, 6.45) is -4.73. The lowest BCUT2D eigenvalue weighted by Crippen LogP contribution is -2.16. The Balaban J connectivity index is 2.26. The molecule has 2 aromatic rings. The molecule has 0 radical (unpaired) electrons. The number of rotatable bonds is 3. The highest BCUT2D eigenvalue weighted by Crippen LogP contribution is 2.28. The van der Waals surface area contributed by atoms with E-state index in [1.165, 1.54) is 18.2 Å². The molecule has 0 saturated heterocycles. The molecule has 0 aromatic heterocycles. The van der Waals surface area contributed by atoms with Gasteiger partial charge in [-0.25, -0.2) is 4.39 Å². The summed E-state index contributed by atoms with van der Waals surface area (Å²) < 4.78 is 53.7. The molecule has 0 aliphatic carbocycles. The van der Waals surface area contributed by atoms with Gasteiger partial charge in [0, 0.05) is 10.9 Å². The second kappa shape index (κ2) is 5.83. The number of hydrogen-bond donors (Lipinski definition) is 0. The van der Waals surface area contributed by atoms with E-state index in [2.05, 4.69) is 20.7 Å². The standard InChI is InChI=1S/C14H9BrF4O/c15-8-9-1-6-12(13(16)7-9)10-2-4-11(5-3-10)20-14(17,18)19/h1-7H,8H2. The highest BCUT2D eigenvalue weighted by Gasteiger charge is 2.30. The van der Waals surface area contributed by atoms with E-state index in [1.807, 2.05) is 0 Å². The molecular formula is C14H9BrF4O. The molecule has 20 heavy (non-hydrogen) atoms. The van der Waals surface area contributed by atoms with Crippen LogP contribution in [0.5, 0.6) is 5.75 Å². The van der Waals surface area contributed by atoms with E-state index < -0.39 is 12.2 Å². The van der Waals surface area contributed by atoms with Gasteiger partial charge in [-0.3, -0.25) is 0 Å². The Morgan fingerprint density at radius 2 is 1.65 bits per heavy atom. The first kappa shape index (κ1) is 14.8. The van der Waals surface area contributed by atoms with Gasteiger partial charge < -0.3 is 4.74 Å². The summed E-state index contributed by atoms with van der Waals surface area (Å²) in [5, 5.41) is 0.530. The third kappa shape index (κ3) is 3.72. The molecule has 0 saturated carbocycles. The molecule has 0 N–H and O–H groups in total. The van der Waals surface area contributed by atoms with Crippen molar-refractivity contribution >= 4 is 15.9 Å². The van der Waals surface area contributed by atoms with Crippen LogP contribution in [0.15, 0.2) is 42.5 Å². The lowest BCUT2D eigenvalue weighted by molar-refractivity contribution is -0.274. The first-order chi connectivity index (χ1) is 9.39. The second-order valence-electron chi connectivity index (χ2n) is 4.02. The Hall–Kier alpha value is -1.56. The van der Waals surface area contributed by atoms with Gasteiger partial charge in [0.15, 0.2) is 0 Å². The van der Waals surface area contributed by atoms with Crippen molar-refractivity contribution in [2.45, 2.75) is 11.7 Å². The lowest BCUT2D eigenvalue weighted by atomic mass is 10.0. The van der Waals surface area contributed by atoms with Gasteiger partial charge in [-0.2, -0.15) is 0 Å². The Morgan fingerprint density at radius 1 is 1.00 bits per heavy atom. The summed E-state index contributed by atoms with van der Waals surface area (Å²) in [4.78, 5) is 0. The fraction of sp³-hybridized carbons (Fsp3) is 0.143. The zero-order valence-corrected chi connectivity index (χ0v) is 11.6. The fourth-order valence-corrected chi connectivity index (χ4v) is 2.06. The molecule has 0 amide bonds. The predicted octanol–water partition coefficient (Wildman–Crippen LogP) is 5.29. The maximum Gasteiger partial charge on any atom is 0.573 e. The number of ether oxygens (including phenoxy) is 1. The van der Waals surface area contributed by atoms with Crippen LogP contribution >= 0.6 is 15.9 Å². The maximum absolute atomic E-state index is 13.9. The molecule has 0 heterocycles. The molecule has 0 spiro atoms. The van der Waals surface area contributed by atoms with Crippen molar-refractivity contribution < 1.29 is 22.3 Å². The van der Waals surface area contributed by atoms with E-state index >= 15 is 0 Å². The van der Waals surface area contributed by atoms with Crippen LogP contribution in [0.3, 0.4) is 0 Å². The second-order valence-corrected chi connectivity index (χ2v) is 4.58. The molecule has 6 heteroatoms. The molecule has 2 rings (SSSR count). The normalized spacial score (nSPS) is 11.4. The van der Waals surface area contributed by atoms with Crippen molar-refractivity contribution in [3.05, 3.63) is 53.8 Å². The van der Waals surface area contributed by atoms with E-state index in [4.69, 9.17) is 0 Å². The van der Waals surface area contributed by atoms with Crippen LogP contribution in [0.25, 0.3) is 11.1 Å². The molecule has 2 aromatic carbocycles. The average Bonchev–Trinajstić information content (AvgIpc) is 2.38. The predicted molar refractivity (Wildman–Crippen MR) is 71.2 cm³/mol. The van der Waals surface area contributed by atoms with Gasteiger partial charge in [0.05, 0.1) is 0 Å². The Morgan fingerprint density at radius 3 is 2.15 bits per heavy atom. The molecule has 1 nitrogen and oxygen atoms in total. The van der Waals surface area contributed by atoms with Gasteiger partial charge in [-0.05, 0) is 29.3 Å². The summed E-state index contributed by atoms with van der Waals surface area (Å²) in [7, 11) is 0. The number of alkyl halides is 4. The van der Waals surface area contributed by atoms with Crippen LogP contribution in [0, 0.1) is 5.82 Å². The lowest BCUT2D eigenvalue weighted by Gasteiger charge is -2.10. The fourth-order valence-electron chi connectivity index (χ4n) is 1.71. The first-order valence-electron chi connectivity index (χ1n) is 5.59. The van der Waals surface area contributed by atoms with Gasteiger partial charge in [0.2, 0.25) is 0 Å². The van der Waals surface area contributed by atoms with Gasteiger partial charge >= 0.3 is 6.36 Å². The van der Waals surface area contributed by atoms with Crippen LogP contribution in [0.1, 0.15) is 5.56 Å². The molecular weight excluding hydrogens is 340 g/mol. The minimum Gasteiger partial charge on any atom is -0.406 e. The first-order valence-corrected chi connectivity index (χ1v) is 6.72. The largest absolute Gasteiger partial charge is 0.573 e. The molecule has 106 valence electrons. The van der Waals surface area contributed by atoms with Crippen LogP contribution in [-0.4, -0.2) is 6.36 Å². The van der Waals surface area contributed by atoms with Crippen molar-refractivity contribution in [2.24, 2.45) is 0 Å². The maximum atomic E-state index is 13.9. The average molecular weight is 349 g/mol. The number of benzene rings is 2. The smallest absolute Gasteiger partial charge is 0.406 e. The van der Waals surface area contributed by atoms with Crippen LogP contribution in [0.4, 0.5) is 17.6 Å². The zero-order valence-electron chi connectivity index (χ0n) is 10.0. The van der Waals surface area contributed by atoms with Crippen molar-refractivity contribution in [3.8, 4) is 16.9 Å². The minimum absolute atomic E-state index is 0.327. The monoisotopic (exact) mass is 348 g/mol. The topological polar surface area (TPSA) is 9.23 Å². The van der Waals surface area contributed by atoms with Crippen molar-refractivity contribution in [3.63, 3.8) is 0 Å². The number of hydrogen-bond acceptors (Lipinski definition) is 1. The highest BCUT2D eigenvalue weighted by atomic mass is 79.9. The van der Waals surface area contributed by atoms with Gasteiger partial charge in [0.1, 0.15) is 11.6 Å². The quantitative estimate of drug-likeness (QED) is 0.541. The summed E-state index contributed by atoms with van der Waals surface area (Å²) in [5.74, 6) is -0.759. The summed E-state index contributed by atoms with van der Waals surface area (Å²) in [5.41, 5.74) is 1.59. The molecule has 0 unspecified atom stereocenters. The van der Waals surface area contributed by atoms with Crippen molar-refractivity contribution in [1.29, 1.82) is 0 Å². The van der Waals surface area contributed by atoms with E-state index in [9.17, 15) is 17.6 Å². The Labute approximate surface area is 121 Å². The van der Waals surface area contributed by atoms with E-state index in [0.29, 0.717) is 16.5 Å².